The highest BCUT2D eigenvalue weighted by Gasteiger charge is 2.10. The first-order chi connectivity index (χ1) is 9.56. The third kappa shape index (κ3) is 1.91. The number of aromatic nitrogens is 4. The zero-order valence-electron chi connectivity index (χ0n) is 11.0. The summed E-state index contributed by atoms with van der Waals surface area (Å²) in [5.41, 5.74) is 3.26. The van der Waals surface area contributed by atoms with Crippen LogP contribution in [0.1, 0.15) is 16.3 Å². The van der Waals surface area contributed by atoms with Gasteiger partial charge in [0, 0.05) is 12.6 Å². The summed E-state index contributed by atoms with van der Waals surface area (Å²) in [7, 11) is 1.96. The van der Waals surface area contributed by atoms with Gasteiger partial charge in [-0.25, -0.2) is 19.7 Å². The molecule has 3 rings (SSSR count). The summed E-state index contributed by atoms with van der Waals surface area (Å²) in [6.45, 7) is 1.94. The van der Waals surface area contributed by atoms with Crippen molar-refractivity contribution >= 4 is 17.0 Å². The maximum absolute atomic E-state index is 10.9. The number of nitrogens with zero attached hydrogens (tertiary/aromatic N) is 4. The number of rotatable bonds is 2. The summed E-state index contributed by atoms with van der Waals surface area (Å²) in [6, 6.07) is 7.21. The Morgan fingerprint density at radius 1 is 1.25 bits per heavy atom. The Morgan fingerprint density at radius 2 is 2.05 bits per heavy atom. The Labute approximate surface area is 114 Å². The van der Waals surface area contributed by atoms with Crippen molar-refractivity contribution in [1.29, 1.82) is 0 Å². The van der Waals surface area contributed by atoms with E-state index in [1.807, 2.05) is 36.7 Å². The van der Waals surface area contributed by atoms with Crippen LogP contribution in [0.2, 0.25) is 0 Å². The number of carboxylic acid groups (broad SMARTS) is 1. The summed E-state index contributed by atoms with van der Waals surface area (Å²) in [5.74, 6) is -0.144. The van der Waals surface area contributed by atoms with Gasteiger partial charge in [-0.15, -0.1) is 0 Å². The fourth-order valence-corrected chi connectivity index (χ4v) is 2.11. The van der Waals surface area contributed by atoms with Gasteiger partial charge in [0.15, 0.2) is 5.69 Å². The van der Waals surface area contributed by atoms with E-state index in [1.54, 1.807) is 0 Å². The molecule has 0 amide bonds. The zero-order valence-corrected chi connectivity index (χ0v) is 11.0. The normalized spacial score (nSPS) is 10.9. The molecule has 3 aromatic rings. The van der Waals surface area contributed by atoms with Crippen LogP contribution in [0, 0.1) is 6.92 Å². The van der Waals surface area contributed by atoms with Gasteiger partial charge in [-0.05, 0) is 25.1 Å². The molecule has 1 aromatic carbocycles. The fourth-order valence-electron chi connectivity index (χ4n) is 2.11. The number of imidazole rings is 1. The van der Waals surface area contributed by atoms with Crippen LogP contribution in [-0.4, -0.2) is 30.6 Å². The summed E-state index contributed by atoms with van der Waals surface area (Å²) in [5, 5.41) is 8.96. The summed E-state index contributed by atoms with van der Waals surface area (Å²) >= 11 is 0. The Hall–Kier alpha value is -2.76. The van der Waals surface area contributed by atoms with Crippen molar-refractivity contribution in [3.8, 4) is 11.3 Å². The molecule has 0 aliphatic carbocycles. The van der Waals surface area contributed by atoms with Crippen LogP contribution >= 0.6 is 0 Å². The van der Waals surface area contributed by atoms with Crippen molar-refractivity contribution in [2.75, 3.05) is 0 Å². The van der Waals surface area contributed by atoms with E-state index in [0.717, 1.165) is 22.4 Å². The second-order valence-corrected chi connectivity index (χ2v) is 4.52. The topological polar surface area (TPSA) is 80.9 Å². The molecule has 0 radical (unpaired) electrons. The molecular weight excluding hydrogens is 256 g/mol. The highest BCUT2D eigenvalue weighted by molar-refractivity contribution is 5.87. The molecule has 0 aliphatic heterocycles. The summed E-state index contributed by atoms with van der Waals surface area (Å²) < 4.78 is 2.00. The lowest BCUT2D eigenvalue weighted by atomic mass is 10.1. The molecule has 20 heavy (non-hydrogen) atoms. The number of carbonyl (C=O) groups is 1. The largest absolute Gasteiger partial charge is 0.477 e. The minimum absolute atomic E-state index is 0.0210. The smallest absolute Gasteiger partial charge is 0.354 e. The van der Waals surface area contributed by atoms with Crippen LogP contribution in [0.15, 0.2) is 30.6 Å². The van der Waals surface area contributed by atoms with Gasteiger partial charge in [-0.3, -0.25) is 0 Å². The summed E-state index contributed by atoms with van der Waals surface area (Å²) in [6.07, 6.45) is 1.26. The number of fused-ring (bicyclic) bond motifs is 1. The van der Waals surface area contributed by atoms with Crippen LogP contribution in [0.3, 0.4) is 0 Å². The monoisotopic (exact) mass is 268 g/mol. The SMILES string of the molecule is Cc1nc2cc(-c3cc(C(=O)O)ncn3)ccc2n1C. The van der Waals surface area contributed by atoms with E-state index >= 15 is 0 Å². The molecule has 0 aliphatic rings. The number of hydrogen-bond acceptors (Lipinski definition) is 4. The van der Waals surface area contributed by atoms with Crippen LogP contribution < -0.4 is 0 Å². The lowest BCUT2D eigenvalue weighted by Gasteiger charge is -2.02. The third-order valence-electron chi connectivity index (χ3n) is 3.29. The van der Waals surface area contributed by atoms with Crippen LogP contribution in [-0.2, 0) is 7.05 Å². The predicted molar refractivity (Wildman–Crippen MR) is 73.4 cm³/mol. The number of hydrogen-bond donors (Lipinski definition) is 1. The van der Waals surface area contributed by atoms with Crippen molar-refractivity contribution in [2.24, 2.45) is 7.05 Å². The molecule has 0 unspecified atom stereocenters. The minimum Gasteiger partial charge on any atom is -0.477 e. The Balaban J connectivity index is 2.14. The van der Waals surface area contributed by atoms with Gasteiger partial charge in [0.25, 0.3) is 0 Å². The minimum atomic E-state index is -1.07. The van der Waals surface area contributed by atoms with E-state index in [0.29, 0.717) is 5.69 Å². The first-order valence-electron chi connectivity index (χ1n) is 6.05. The van der Waals surface area contributed by atoms with Gasteiger partial charge in [0.2, 0.25) is 0 Å². The van der Waals surface area contributed by atoms with E-state index in [9.17, 15) is 4.79 Å². The molecular formula is C14H12N4O2. The van der Waals surface area contributed by atoms with E-state index in [2.05, 4.69) is 15.0 Å². The molecule has 6 heteroatoms. The molecule has 0 saturated heterocycles. The Morgan fingerprint density at radius 3 is 2.80 bits per heavy atom. The second kappa shape index (κ2) is 4.41. The average molecular weight is 268 g/mol. The van der Waals surface area contributed by atoms with E-state index in [4.69, 9.17) is 5.11 Å². The number of carboxylic acids is 1. The maximum Gasteiger partial charge on any atom is 0.354 e. The molecule has 0 saturated carbocycles. The van der Waals surface area contributed by atoms with Gasteiger partial charge in [-0.2, -0.15) is 0 Å². The second-order valence-electron chi connectivity index (χ2n) is 4.52. The third-order valence-corrected chi connectivity index (χ3v) is 3.29. The lowest BCUT2D eigenvalue weighted by Crippen LogP contribution is -2.01. The summed E-state index contributed by atoms with van der Waals surface area (Å²) in [4.78, 5) is 23.2. The number of aryl methyl sites for hydroxylation is 2. The molecule has 0 atom stereocenters. The highest BCUT2D eigenvalue weighted by atomic mass is 16.4. The predicted octanol–water partition coefficient (Wildman–Crippen LogP) is 2.04. The quantitative estimate of drug-likeness (QED) is 0.769. The zero-order chi connectivity index (χ0) is 14.3. The van der Waals surface area contributed by atoms with E-state index < -0.39 is 5.97 Å². The lowest BCUT2D eigenvalue weighted by molar-refractivity contribution is 0.0690. The van der Waals surface area contributed by atoms with Crippen LogP contribution in [0.25, 0.3) is 22.3 Å². The molecule has 0 fully saturated rings. The first-order valence-corrected chi connectivity index (χ1v) is 6.05. The van der Waals surface area contributed by atoms with Gasteiger partial charge in [-0.1, -0.05) is 6.07 Å². The first kappa shape index (κ1) is 12.3. The van der Waals surface area contributed by atoms with E-state index in [-0.39, 0.29) is 5.69 Å². The van der Waals surface area contributed by atoms with Gasteiger partial charge in [0.1, 0.15) is 12.2 Å². The van der Waals surface area contributed by atoms with Gasteiger partial charge in [0.05, 0.1) is 16.7 Å². The molecule has 2 heterocycles. The molecule has 2 aromatic heterocycles. The molecule has 100 valence electrons. The van der Waals surface area contributed by atoms with Crippen molar-refractivity contribution < 1.29 is 9.90 Å². The van der Waals surface area contributed by atoms with Crippen molar-refractivity contribution in [1.82, 2.24) is 19.5 Å². The average Bonchev–Trinajstić information content (AvgIpc) is 2.74. The Kier molecular flexibility index (Phi) is 2.71. The molecule has 1 N–H and O–H groups in total. The van der Waals surface area contributed by atoms with Crippen molar-refractivity contribution in [2.45, 2.75) is 6.92 Å². The van der Waals surface area contributed by atoms with Crippen molar-refractivity contribution in [3.63, 3.8) is 0 Å². The van der Waals surface area contributed by atoms with Crippen LogP contribution in [0.5, 0.6) is 0 Å². The number of aromatic carboxylic acids is 1. The van der Waals surface area contributed by atoms with Crippen molar-refractivity contribution in [3.05, 3.63) is 42.1 Å². The highest BCUT2D eigenvalue weighted by Crippen LogP contribution is 2.23. The Bertz CT molecular complexity index is 823. The van der Waals surface area contributed by atoms with Gasteiger partial charge >= 0.3 is 5.97 Å². The molecule has 0 spiro atoms. The molecule has 0 bridgehead atoms. The van der Waals surface area contributed by atoms with Crippen LogP contribution in [0.4, 0.5) is 0 Å². The van der Waals surface area contributed by atoms with E-state index in [1.165, 1.54) is 12.4 Å². The standard InChI is InChI=1S/C14H12N4O2/c1-8-17-11-5-9(3-4-13(11)18(8)2)10-6-12(14(19)20)16-7-15-10/h3-7H,1-2H3,(H,19,20). The number of benzene rings is 1. The fraction of sp³-hybridized carbons (Fsp3) is 0.143. The molecule has 6 nitrogen and oxygen atoms in total. The maximum atomic E-state index is 10.9. The van der Waals surface area contributed by atoms with Gasteiger partial charge < -0.3 is 9.67 Å².